The highest BCUT2D eigenvalue weighted by molar-refractivity contribution is 6.00. The minimum atomic E-state index is -0.610. The first-order chi connectivity index (χ1) is 13.1. The monoisotopic (exact) mass is 370 g/mol. The summed E-state index contributed by atoms with van der Waals surface area (Å²) >= 11 is 0. The fourth-order valence-electron chi connectivity index (χ4n) is 4.37. The SMILES string of the molecule is O=C1OCC2(CCN(C(=O)Nc3cccc4c5c(oc34)CCCC5)CC2)O1. The Labute approximate surface area is 156 Å². The Morgan fingerprint density at radius 3 is 2.74 bits per heavy atom. The van der Waals surface area contributed by atoms with Crippen molar-refractivity contribution in [3.8, 4) is 0 Å². The van der Waals surface area contributed by atoms with Gasteiger partial charge in [0.25, 0.3) is 0 Å². The fraction of sp³-hybridized carbons (Fsp3) is 0.500. The van der Waals surface area contributed by atoms with Gasteiger partial charge in [0.1, 0.15) is 12.4 Å². The van der Waals surface area contributed by atoms with E-state index in [4.69, 9.17) is 13.9 Å². The van der Waals surface area contributed by atoms with Crippen LogP contribution in [0.25, 0.3) is 11.0 Å². The molecule has 0 saturated carbocycles. The molecule has 1 aromatic heterocycles. The number of fused-ring (bicyclic) bond motifs is 3. The summed E-state index contributed by atoms with van der Waals surface area (Å²) in [5.74, 6) is 1.06. The number of piperidine rings is 1. The summed E-state index contributed by atoms with van der Waals surface area (Å²) < 4.78 is 16.3. The number of likely N-dealkylation sites (tertiary alicyclic amines) is 1. The van der Waals surface area contributed by atoms with Crippen molar-refractivity contribution in [3.63, 3.8) is 0 Å². The Hall–Kier alpha value is -2.70. The van der Waals surface area contributed by atoms with Crippen LogP contribution in [0.1, 0.15) is 37.0 Å². The molecule has 3 heterocycles. The van der Waals surface area contributed by atoms with E-state index in [1.165, 1.54) is 12.0 Å². The van der Waals surface area contributed by atoms with Gasteiger partial charge in [-0.2, -0.15) is 0 Å². The lowest BCUT2D eigenvalue weighted by Gasteiger charge is -2.36. The summed E-state index contributed by atoms with van der Waals surface area (Å²) in [4.78, 5) is 25.7. The van der Waals surface area contributed by atoms with Gasteiger partial charge < -0.3 is 24.1 Å². The van der Waals surface area contributed by atoms with Gasteiger partial charge in [0.2, 0.25) is 0 Å². The van der Waals surface area contributed by atoms with Crippen molar-refractivity contribution in [3.05, 3.63) is 29.5 Å². The number of aryl methyl sites for hydroxylation is 2. The van der Waals surface area contributed by atoms with E-state index in [2.05, 4.69) is 11.4 Å². The van der Waals surface area contributed by atoms with Gasteiger partial charge in [0, 0.05) is 43.3 Å². The van der Waals surface area contributed by atoms with Crippen molar-refractivity contribution < 1.29 is 23.5 Å². The first kappa shape index (κ1) is 16.5. The van der Waals surface area contributed by atoms with Crippen molar-refractivity contribution in [2.45, 2.75) is 44.1 Å². The molecule has 2 amide bonds. The van der Waals surface area contributed by atoms with Gasteiger partial charge in [-0.05, 0) is 25.3 Å². The van der Waals surface area contributed by atoms with E-state index in [0.717, 1.165) is 36.0 Å². The standard InChI is InChI=1S/C20H22N2O5/c23-18(22-10-8-20(9-11-22)12-25-19(24)27-20)21-15-6-3-5-14-13-4-1-2-7-16(13)26-17(14)15/h3,5-6H,1-2,4,7-12H2,(H,21,23). The van der Waals surface area contributed by atoms with Crippen LogP contribution in [-0.2, 0) is 22.3 Å². The average Bonchev–Trinajstić information content (AvgIpc) is 3.24. The Kier molecular flexibility index (Phi) is 3.77. The summed E-state index contributed by atoms with van der Waals surface area (Å²) in [6.07, 6.45) is 4.90. The Balaban J connectivity index is 1.32. The smallest absolute Gasteiger partial charge is 0.459 e. The molecule has 7 nitrogen and oxygen atoms in total. The highest BCUT2D eigenvalue weighted by Gasteiger charge is 2.45. The molecular formula is C20H22N2O5. The summed E-state index contributed by atoms with van der Waals surface area (Å²) in [6, 6.07) is 5.75. The van der Waals surface area contributed by atoms with Crippen molar-refractivity contribution in [2.75, 3.05) is 25.0 Å². The second kappa shape index (κ2) is 6.18. The molecule has 0 unspecified atom stereocenters. The Bertz CT molecular complexity index is 910. The highest BCUT2D eigenvalue weighted by Crippen LogP contribution is 2.36. The minimum absolute atomic E-state index is 0.156. The topological polar surface area (TPSA) is 81.0 Å². The molecule has 2 aromatic rings. The van der Waals surface area contributed by atoms with Gasteiger partial charge >= 0.3 is 12.2 Å². The number of urea groups is 1. The zero-order chi connectivity index (χ0) is 18.4. The molecule has 1 aliphatic carbocycles. The number of nitrogens with one attached hydrogen (secondary N) is 1. The van der Waals surface area contributed by atoms with Crippen LogP contribution >= 0.6 is 0 Å². The molecule has 3 aliphatic rings. The lowest BCUT2D eigenvalue weighted by molar-refractivity contribution is 0.0106. The molecule has 142 valence electrons. The van der Waals surface area contributed by atoms with Crippen LogP contribution in [0.5, 0.6) is 0 Å². The van der Waals surface area contributed by atoms with E-state index >= 15 is 0 Å². The fourth-order valence-corrected chi connectivity index (χ4v) is 4.37. The highest BCUT2D eigenvalue weighted by atomic mass is 16.8. The second-order valence-corrected chi connectivity index (χ2v) is 7.63. The number of cyclic esters (lactones) is 1. The maximum Gasteiger partial charge on any atom is 0.509 e. The molecule has 0 radical (unpaired) electrons. The largest absolute Gasteiger partial charge is 0.509 e. The van der Waals surface area contributed by atoms with E-state index < -0.39 is 11.8 Å². The predicted octanol–water partition coefficient (Wildman–Crippen LogP) is 3.84. The number of hydrogen-bond acceptors (Lipinski definition) is 5. The van der Waals surface area contributed by atoms with Crippen molar-refractivity contribution in [1.29, 1.82) is 0 Å². The van der Waals surface area contributed by atoms with Gasteiger partial charge in [-0.1, -0.05) is 12.1 Å². The number of nitrogens with zero attached hydrogens (tertiary/aromatic N) is 1. The first-order valence-electron chi connectivity index (χ1n) is 9.59. The quantitative estimate of drug-likeness (QED) is 0.771. The number of para-hydroxylation sites is 1. The van der Waals surface area contributed by atoms with Gasteiger partial charge in [-0.25, -0.2) is 9.59 Å². The lowest BCUT2D eigenvalue weighted by Crippen LogP contribution is -2.49. The number of amides is 2. The van der Waals surface area contributed by atoms with Crippen LogP contribution in [0.4, 0.5) is 15.3 Å². The Morgan fingerprint density at radius 2 is 1.96 bits per heavy atom. The van der Waals surface area contributed by atoms with Crippen LogP contribution in [0, 0.1) is 0 Å². The molecule has 27 heavy (non-hydrogen) atoms. The van der Waals surface area contributed by atoms with Gasteiger partial charge in [0.15, 0.2) is 11.2 Å². The second-order valence-electron chi connectivity index (χ2n) is 7.63. The van der Waals surface area contributed by atoms with Crippen LogP contribution in [0.2, 0.25) is 0 Å². The maximum atomic E-state index is 12.8. The van der Waals surface area contributed by atoms with E-state index in [1.807, 2.05) is 12.1 Å². The summed E-state index contributed by atoms with van der Waals surface area (Å²) in [5, 5.41) is 4.11. The molecule has 1 spiro atoms. The molecule has 0 atom stereocenters. The zero-order valence-corrected chi connectivity index (χ0v) is 15.1. The van der Waals surface area contributed by atoms with Gasteiger partial charge in [-0.3, -0.25) is 0 Å². The molecule has 1 aromatic carbocycles. The summed E-state index contributed by atoms with van der Waals surface area (Å²) in [7, 11) is 0. The van der Waals surface area contributed by atoms with Crippen molar-refractivity contribution in [1.82, 2.24) is 4.90 Å². The number of furan rings is 1. The lowest BCUT2D eigenvalue weighted by atomic mass is 9.92. The number of anilines is 1. The summed E-state index contributed by atoms with van der Waals surface area (Å²) in [6.45, 7) is 1.32. The van der Waals surface area contributed by atoms with Crippen molar-refractivity contribution in [2.24, 2.45) is 0 Å². The third kappa shape index (κ3) is 2.81. The molecular weight excluding hydrogens is 348 g/mol. The summed E-state index contributed by atoms with van der Waals surface area (Å²) in [5.41, 5.74) is 2.20. The number of benzene rings is 1. The van der Waals surface area contributed by atoms with Crippen LogP contribution in [-0.4, -0.2) is 42.4 Å². The predicted molar refractivity (Wildman–Crippen MR) is 97.8 cm³/mol. The van der Waals surface area contributed by atoms with Crippen LogP contribution in [0.15, 0.2) is 22.6 Å². The van der Waals surface area contributed by atoms with E-state index in [-0.39, 0.29) is 12.6 Å². The molecule has 5 rings (SSSR count). The van der Waals surface area contributed by atoms with Gasteiger partial charge in [0.05, 0.1) is 5.69 Å². The molecule has 2 aliphatic heterocycles. The normalized spacial score (nSPS) is 21.0. The number of carbonyl (C=O) groups excluding carboxylic acids is 2. The number of carbonyl (C=O) groups is 2. The first-order valence-corrected chi connectivity index (χ1v) is 9.59. The van der Waals surface area contributed by atoms with Crippen LogP contribution < -0.4 is 5.32 Å². The number of hydrogen-bond donors (Lipinski definition) is 1. The molecule has 2 saturated heterocycles. The Morgan fingerprint density at radius 1 is 1.15 bits per heavy atom. The third-order valence-electron chi connectivity index (χ3n) is 5.94. The van der Waals surface area contributed by atoms with Gasteiger partial charge in [-0.15, -0.1) is 0 Å². The molecule has 1 N–H and O–H groups in total. The molecule has 2 fully saturated rings. The third-order valence-corrected chi connectivity index (χ3v) is 5.94. The minimum Gasteiger partial charge on any atom is -0.459 e. The number of ether oxygens (including phenoxy) is 2. The molecule has 7 heteroatoms. The average molecular weight is 370 g/mol. The van der Waals surface area contributed by atoms with Crippen molar-refractivity contribution >= 4 is 28.8 Å². The molecule has 0 bridgehead atoms. The number of rotatable bonds is 1. The van der Waals surface area contributed by atoms with Crippen LogP contribution in [0.3, 0.4) is 0 Å². The zero-order valence-electron chi connectivity index (χ0n) is 15.1. The van der Waals surface area contributed by atoms with E-state index in [1.54, 1.807) is 4.90 Å². The maximum absolute atomic E-state index is 12.8. The van der Waals surface area contributed by atoms with E-state index in [9.17, 15) is 9.59 Å². The van der Waals surface area contributed by atoms with E-state index in [0.29, 0.717) is 31.6 Å².